The van der Waals surface area contributed by atoms with Crippen LogP contribution in [-0.2, 0) is 9.47 Å². The number of carboxylic acid groups (broad SMARTS) is 1. The molecule has 8 heterocycles. The molecule has 2 fully saturated rings. The number of anilines is 2. The molecular formula is C47H50F62N12O9. The van der Waals surface area contributed by atoms with Crippen molar-refractivity contribution >= 4 is 46.7 Å². The van der Waals surface area contributed by atoms with E-state index >= 15 is 0 Å². The van der Waals surface area contributed by atoms with E-state index in [2.05, 4.69) is 40.3 Å². The largest absolute Gasteiger partial charge is 0.477 e. The molecule has 6 aromatic heterocycles. The summed E-state index contributed by atoms with van der Waals surface area (Å²) >= 11 is 0. The fraction of sp³-hybridized carbons (Fsp3) is 0.277. The zero-order valence-corrected chi connectivity index (χ0v) is 60.8. The summed E-state index contributed by atoms with van der Waals surface area (Å²) in [5, 5.41) is 19.8. The fourth-order valence-corrected chi connectivity index (χ4v) is 7.22. The minimum absolute atomic E-state index is 0. The Bertz CT molecular complexity index is 3270. The molecule has 0 radical (unpaired) electrons. The minimum Gasteiger partial charge on any atom is -0.477 e. The van der Waals surface area contributed by atoms with E-state index in [1.807, 2.05) is 88.5 Å². The normalized spacial score (nSPS) is 8.37. The SMILES string of the molecule is C.COC(=O)N1CC(c2nc(-c3ccc(C)c(N)c3)no2)C1.COC(=O)N1CC(c2nc(-c3ccc(C)c(NC(=O)c4cnc5ccc(C)cn45)c3)no2)C1.Cc1ccc2ncc(C(=O)O)n2c1.FF.FF.FF.FF.FF.FF.FF.FF.FF.FF.FF.FF.FF.FF.FF.FF.FF.FF.FF.FF.FF.FF.FF.FF.FF.FF.FF.FF.FF.FF.FF. The van der Waals surface area contributed by atoms with Crippen LogP contribution < -0.4 is 11.1 Å². The van der Waals surface area contributed by atoms with Crippen LogP contribution in [0.3, 0.4) is 0 Å². The number of hydrogen-bond acceptors (Lipinski definition) is 15. The number of pyridine rings is 2. The van der Waals surface area contributed by atoms with Gasteiger partial charge in [-0.2, -0.15) is 9.97 Å². The van der Waals surface area contributed by atoms with Gasteiger partial charge in [0.15, 0.2) is 5.69 Å². The molecule has 2 aliphatic heterocycles. The number of nitrogens with zero attached hydrogens (tertiary/aromatic N) is 10. The lowest BCUT2D eigenvalue weighted by Gasteiger charge is -2.35. The summed E-state index contributed by atoms with van der Waals surface area (Å²) in [6.45, 7) is 9.74. The lowest BCUT2D eigenvalue weighted by atomic mass is 10.0. The van der Waals surface area contributed by atoms with Crippen LogP contribution in [0.5, 0.6) is 0 Å². The Hall–Kier alpha value is -13.0. The number of fused-ring (bicyclic) bond motifs is 2. The number of carbonyl (C=O) groups is 4. The van der Waals surface area contributed by atoms with Crippen molar-refractivity contribution in [3.8, 4) is 22.8 Å². The van der Waals surface area contributed by atoms with Crippen molar-refractivity contribution in [2.24, 2.45) is 0 Å². The first kappa shape index (κ1) is 186. The molecule has 0 spiro atoms. The van der Waals surface area contributed by atoms with E-state index in [0.717, 1.165) is 27.8 Å². The number of halogens is 62. The van der Waals surface area contributed by atoms with Gasteiger partial charge in [0.2, 0.25) is 23.4 Å². The molecule has 0 saturated carbocycles. The van der Waals surface area contributed by atoms with Gasteiger partial charge in [0.25, 0.3) is 5.91 Å². The second-order valence-electron chi connectivity index (χ2n) is 16.1. The first-order valence-electron chi connectivity index (χ1n) is 25.3. The first-order valence-corrected chi connectivity index (χ1v) is 25.3. The van der Waals surface area contributed by atoms with Crippen molar-refractivity contribution in [3.63, 3.8) is 0 Å². The number of benzene rings is 2. The number of aryl methyl sites for hydroxylation is 4. The zero-order chi connectivity index (χ0) is 110. The number of likely N-dealkylation sites (tertiary alicyclic amines) is 2. The van der Waals surface area contributed by atoms with Gasteiger partial charge in [0.05, 0.1) is 38.4 Å². The van der Waals surface area contributed by atoms with Crippen LogP contribution in [0.2, 0.25) is 0 Å². The summed E-state index contributed by atoms with van der Waals surface area (Å²) in [6, 6.07) is 18.7. The van der Waals surface area contributed by atoms with Crippen LogP contribution in [-0.4, -0.2) is 118 Å². The Balaban J connectivity index is -0.0000000436. The van der Waals surface area contributed by atoms with E-state index in [4.69, 9.17) is 308 Å². The number of methoxy groups -OCH3 is 2. The molecule has 0 aliphatic carbocycles. The van der Waals surface area contributed by atoms with Gasteiger partial charge < -0.3 is 44.5 Å². The summed E-state index contributed by atoms with van der Waals surface area (Å²) in [4.78, 5) is 66.8. The molecule has 0 bridgehead atoms. The van der Waals surface area contributed by atoms with Crippen molar-refractivity contribution in [2.75, 3.05) is 51.4 Å². The molecule has 3 amide bonds. The van der Waals surface area contributed by atoms with Crippen LogP contribution >= 0.6 is 0 Å². The van der Waals surface area contributed by atoms with Crippen molar-refractivity contribution in [1.29, 1.82) is 0 Å². The van der Waals surface area contributed by atoms with Crippen molar-refractivity contribution in [2.45, 2.75) is 47.0 Å². The Morgan fingerprint density at radius 3 is 0.869 bits per heavy atom. The standard InChI is InChI=1S/C23H22N6O4.C14H16N4O3.C9H8N2O2.CH4.31F2/c1-13-4-7-19-24-9-18(29(19)10-13)21(30)25-17-8-15(6-5-14(17)2)20-26-22(33-27-20)16-11-28(12-16)23(31)32-3;1-8-3-4-9(5-11(8)15)12-16-13(21-17-12)10-6-18(7-10)14(19)20-2;1-6-2-3-8-10-4-7(9(12)13)11(8)5-6;;31*1-2/h4-10,16H,11-12H2,1-3H3,(H,25,30);3-5,10H,6-7,15H2,1-2H3;2-5H,1H3,(H,12,13);1H4;;;;;;;;;;;;;;;;;;;;;;;;;;;;;;;. The van der Waals surface area contributed by atoms with Crippen LogP contribution in [0.15, 0.2) is 94.5 Å². The second-order valence-corrected chi connectivity index (χ2v) is 16.1. The zero-order valence-electron chi connectivity index (χ0n) is 60.8. The highest BCUT2D eigenvalue weighted by atomic mass is 20.1. The average molecular weight is 2100 g/mol. The number of ether oxygens (including phenoxy) is 2. The highest BCUT2D eigenvalue weighted by Crippen LogP contribution is 2.31. The third-order valence-corrected chi connectivity index (χ3v) is 11.3. The molecule has 786 valence electrons. The minimum atomic E-state index is -0.960. The molecule has 21 nitrogen and oxygen atoms in total. The number of carboxylic acids is 1. The summed E-state index contributed by atoms with van der Waals surface area (Å²) in [6.07, 6.45) is 5.85. The molecule has 2 saturated heterocycles. The van der Waals surface area contributed by atoms with Crippen LogP contribution in [0, 0.1) is 27.7 Å². The van der Waals surface area contributed by atoms with Gasteiger partial charge in [-0.15, -0.1) is 0 Å². The van der Waals surface area contributed by atoms with Gasteiger partial charge in [-0.05, 0) is 74.2 Å². The third kappa shape index (κ3) is 87.1. The van der Waals surface area contributed by atoms with Gasteiger partial charge in [0.1, 0.15) is 17.0 Å². The Morgan fingerprint density at radius 2 is 0.615 bits per heavy atom. The lowest BCUT2D eigenvalue weighted by molar-refractivity contribution is 0.0688. The number of imidazole rings is 2. The van der Waals surface area contributed by atoms with Gasteiger partial charge in [-0.1, -0.05) is 54.1 Å². The van der Waals surface area contributed by atoms with Crippen LogP contribution in [0.4, 0.5) is 305 Å². The maximum absolute atomic E-state index is 13.0. The fourth-order valence-electron chi connectivity index (χ4n) is 7.22. The lowest BCUT2D eigenvalue weighted by Crippen LogP contribution is -2.48. The van der Waals surface area contributed by atoms with Crippen LogP contribution in [0.25, 0.3) is 34.1 Å². The smallest absolute Gasteiger partial charge is 0.409 e. The Labute approximate surface area is 674 Å². The molecule has 83 heteroatoms. The number of hydrogen-bond donors (Lipinski definition) is 3. The van der Waals surface area contributed by atoms with E-state index in [1.54, 1.807) is 37.1 Å². The molecule has 2 aliphatic rings. The molecule has 0 unspecified atom stereocenters. The number of nitrogens with two attached hydrogens (primary N) is 1. The number of nitrogens with one attached hydrogen (secondary N) is 1. The monoisotopic (exact) mass is 2100 g/mol. The van der Waals surface area contributed by atoms with Gasteiger partial charge >= 0.3 is 18.2 Å². The number of rotatable bonds is 7. The highest BCUT2D eigenvalue weighted by molar-refractivity contribution is 6.04. The van der Waals surface area contributed by atoms with E-state index < -0.39 is 5.97 Å². The maximum atomic E-state index is 13.0. The average Bonchev–Trinajstić information content (AvgIpc) is 1.65. The third-order valence-electron chi connectivity index (χ3n) is 11.3. The highest BCUT2D eigenvalue weighted by Gasteiger charge is 2.37. The first-order chi connectivity index (χ1) is 63.2. The maximum Gasteiger partial charge on any atom is 0.409 e. The van der Waals surface area contributed by atoms with Crippen LogP contribution in [0.1, 0.15) is 74.3 Å². The summed E-state index contributed by atoms with van der Waals surface area (Å²) in [5.74, 6) is 0.747. The predicted octanol–water partition coefficient (Wildman–Crippen LogP) is 33.2. The second kappa shape index (κ2) is 174. The Morgan fingerprint density at radius 1 is 0.369 bits per heavy atom. The number of amides is 3. The Kier molecular flexibility index (Phi) is 249. The predicted molar refractivity (Wildman–Crippen MR) is 317 cm³/mol. The van der Waals surface area contributed by atoms with E-state index in [-0.39, 0.29) is 43.1 Å². The number of nitrogen functional groups attached to an aromatic ring is 1. The van der Waals surface area contributed by atoms with E-state index in [1.165, 1.54) is 20.4 Å². The van der Waals surface area contributed by atoms with Crippen molar-refractivity contribution in [1.82, 2.24) is 48.9 Å². The number of aromatic carboxylic acids is 1. The van der Waals surface area contributed by atoms with E-state index in [0.29, 0.717) is 83.5 Å². The molecule has 2 aromatic carbocycles. The quantitative estimate of drug-likeness (QED) is 0.0989. The summed E-state index contributed by atoms with van der Waals surface area (Å²) in [7, 11) is 2.72. The summed E-state index contributed by atoms with van der Waals surface area (Å²) in [5.41, 5.74) is 14.7. The molecule has 130 heavy (non-hydrogen) atoms. The molecule has 0 atom stereocenters. The summed E-state index contributed by atoms with van der Waals surface area (Å²) < 4.78 is 519. The number of carbonyl (C=O) groups excluding carboxylic acids is 3. The topological polar surface area (TPSA) is 264 Å². The molecular weight excluding hydrogens is 2050 g/mol. The van der Waals surface area contributed by atoms with Crippen molar-refractivity contribution < 1.29 is 326 Å². The number of aromatic nitrogens is 8. The van der Waals surface area contributed by atoms with Gasteiger partial charge in [0, 0.05) is 345 Å². The van der Waals surface area contributed by atoms with Crippen molar-refractivity contribution in [3.05, 3.63) is 131 Å². The van der Waals surface area contributed by atoms with E-state index in [9.17, 15) is 19.2 Å². The van der Waals surface area contributed by atoms with Gasteiger partial charge in [-0.25, -0.2) is 24.4 Å². The molecule has 10 rings (SSSR count). The molecule has 8 aromatic rings. The van der Waals surface area contributed by atoms with Gasteiger partial charge in [-0.3, -0.25) is 13.6 Å². The molecule has 4 N–H and O–H groups in total.